The van der Waals surface area contributed by atoms with Crippen LogP contribution < -0.4 is 19.7 Å². The van der Waals surface area contributed by atoms with E-state index < -0.39 is 5.41 Å². The van der Waals surface area contributed by atoms with Crippen LogP contribution in [-0.4, -0.2) is 31.6 Å². The second-order valence-electron chi connectivity index (χ2n) is 8.95. The Kier molecular flexibility index (Phi) is 4.27. The van der Waals surface area contributed by atoms with Crippen molar-refractivity contribution in [3.8, 4) is 11.5 Å². The lowest BCUT2D eigenvalue weighted by Crippen LogP contribution is -2.45. The summed E-state index contributed by atoms with van der Waals surface area (Å²) in [6.45, 7) is 4.78. The quantitative estimate of drug-likeness (QED) is 0.671. The van der Waals surface area contributed by atoms with Gasteiger partial charge in [0.25, 0.3) is 0 Å². The Hall–Kier alpha value is -3.80. The van der Waals surface area contributed by atoms with Gasteiger partial charge in [0, 0.05) is 29.4 Å². The first-order valence-electron chi connectivity index (χ1n) is 11.2. The third kappa shape index (κ3) is 2.80. The molecule has 0 aromatic heterocycles. The number of carbonyl (C=O) groups excluding carboxylic acids is 2. The highest BCUT2D eigenvalue weighted by Gasteiger charge is 2.57. The van der Waals surface area contributed by atoms with E-state index in [1.165, 1.54) is 0 Å². The van der Waals surface area contributed by atoms with E-state index in [-0.39, 0.29) is 25.0 Å². The van der Waals surface area contributed by atoms with Gasteiger partial charge >= 0.3 is 0 Å². The predicted octanol–water partition coefficient (Wildman–Crippen LogP) is 3.90. The van der Waals surface area contributed by atoms with Crippen LogP contribution >= 0.6 is 0 Å². The van der Waals surface area contributed by atoms with Crippen LogP contribution in [0.2, 0.25) is 0 Å². The van der Waals surface area contributed by atoms with Gasteiger partial charge in [0.1, 0.15) is 30.1 Å². The van der Waals surface area contributed by atoms with Crippen molar-refractivity contribution < 1.29 is 19.1 Å². The number of hydrogen-bond acceptors (Lipinski definition) is 4. The van der Waals surface area contributed by atoms with Crippen LogP contribution in [-0.2, 0) is 21.4 Å². The molecular weight excluding hydrogens is 416 g/mol. The summed E-state index contributed by atoms with van der Waals surface area (Å²) in [4.78, 5) is 28.6. The molecule has 166 valence electrons. The first kappa shape index (κ1) is 19.9. The Labute approximate surface area is 192 Å². The number of nitrogens with zero attached hydrogens (tertiary/aromatic N) is 1. The summed E-state index contributed by atoms with van der Waals surface area (Å²) in [5, 5.41) is 2.98. The topological polar surface area (TPSA) is 67.9 Å². The SMILES string of the molecule is Cc1cccc(NC(=O)CN2C(=O)C3(COc4cc5c(cc43)CCO5)c3ccccc32)c1C. The van der Waals surface area contributed by atoms with Crippen molar-refractivity contribution in [2.45, 2.75) is 25.7 Å². The number of hydrogen-bond donors (Lipinski definition) is 1. The monoisotopic (exact) mass is 440 g/mol. The zero-order valence-corrected chi connectivity index (χ0v) is 18.6. The van der Waals surface area contributed by atoms with Crippen LogP contribution in [0.3, 0.4) is 0 Å². The molecule has 1 unspecified atom stereocenters. The van der Waals surface area contributed by atoms with Crippen molar-refractivity contribution in [1.82, 2.24) is 0 Å². The van der Waals surface area contributed by atoms with Crippen LogP contribution in [0, 0.1) is 13.8 Å². The lowest BCUT2D eigenvalue weighted by molar-refractivity contribution is -0.124. The molecule has 1 atom stereocenters. The summed E-state index contributed by atoms with van der Waals surface area (Å²) in [5.74, 6) is 1.15. The summed E-state index contributed by atoms with van der Waals surface area (Å²) in [7, 11) is 0. The molecule has 3 aromatic carbocycles. The van der Waals surface area contributed by atoms with Gasteiger partial charge in [0.15, 0.2) is 0 Å². The normalized spacial score (nSPS) is 19.7. The van der Waals surface area contributed by atoms with Crippen molar-refractivity contribution >= 4 is 23.2 Å². The number of carbonyl (C=O) groups is 2. The Morgan fingerprint density at radius 2 is 1.88 bits per heavy atom. The van der Waals surface area contributed by atoms with Crippen molar-refractivity contribution in [3.05, 3.63) is 82.4 Å². The van der Waals surface area contributed by atoms with E-state index in [2.05, 4.69) is 11.4 Å². The van der Waals surface area contributed by atoms with Gasteiger partial charge in [-0.1, -0.05) is 30.3 Å². The zero-order valence-electron chi connectivity index (χ0n) is 18.6. The number of para-hydroxylation sites is 1. The number of amides is 2. The second kappa shape index (κ2) is 7.10. The molecule has 3 aromatic rings. The summed E-state index contributed by atoms with van der Waals surface area (Å²) in [6.07, 6.45) is 0.816. The van der Waals surface area contributed by atoms with Gasteiger partial charge in [-0.2, -0.15) is 0 Å². The van der Waals surface area contributed by atoms with Gasteiger partial charge in [0.05, 0.1) is 6.61 Å². The minimum atomic E-state index is -0.941. The van der Waals surface area contributed by atoms with Gasteiger partial charge in [0.2, 0.25) is 11.8 Å². The molecule has 6 nitrogen and oxygen atoms in total. The Morgan fingerprint density at radius 3 is 2.76 bits per heavy atom. The molecule has 3 aliphatic rings. The second-order valence-corrected chi connectivity index (χ2v) is 8.95. The average molecular weight is 440 g/mol. The van der Waals surface area contributed by atoms with E-state index in [1.54, 1.807) is 4.90 Å². The minimum absolute atomic E-state index is 0.0611. The Bertz CT molecular complexity index is 1330. The van der Waals surface area contributed by atoms with Gasteiger partial charge in [-0.05, 0) is 54.3 Å². The Balaban J connectivity index is 1.37. The van der Waals surface area contributed by atoms with Crippen LogP contribution in [0.5, 0.6) is 11.5 Å². The van der Waals surface area contributed by atoms with E-state index in [1.807, 2.05) is 62.4 Å². The lowest BCUT2D eigenvalue weighted by Gasteiger charge is -2.23. The fraction of sp³-hybridized carbons (Fsp3) is 0.259. The number of rotatable bonds is 3. The molecule has 0 radical (unpaired) electrons. The molecule has 0 saturated carbocycles. The molecule has 3 aliphatic heterocycles. The summed E-state index contributed by atoms with van der Waals surface area (Å²) in [5.41, 5.74) is 5.54. The van der Waals surface area contributed by atoms with Crippen LogP contribution in [0.1, 0.15) is 27.8 Å². The third-order valence-electron chi connectivity index (χ3n) is 7.14. The average Bonchev–Trinajstić information content (AvgIpc) is 3.48. The van der Waals surface area contributed by atoms with Gasteiger partial charge < -0.3 is 19.7 Å². The van der Waals surface area contributed by atoms with E-state index in [4.69, 9.17) is 9.47 Å². The first-order chi connectivity index (χ1) is 16.0. The van der Waals surface area contributed by atoms with E-state index in [0.29, 0.717) is 12.4 Å². The summed E-state index contributed by atoms with van der Waals surface area (Å²) >= 11 is 0. The maximum absolute atomic E-state index is 14.0. The van der Waals surface area contributed by atoms with Gasteiger partial charge in [-0.3, -0.25) is 9.59 Å². The highest BCUT2D eigenvalue weighted by atomic mass is 16.5. The number of fused-ring (bicyclic) bond motifs is 5. The molecule has 0 saturated heterocycles. The number of ether oxygens (including phenoxy) is 2. The van der Waals surface area contributed by atoms with Crippen LogP contribution in [0.25, 0.3) is 0 Å². The highest BCUT2D eigenvalue weighted by molar-refractivity contribution is 6.14. The molecule has 0 aliphatic carbocycles. The minimum Gasteiger partial charge on any atom is -0.493 e. The number of aryl methyl sites for hydroxylation is 1. The predicted molar refractivity (Wildman–Crippen MR) is 125 cm³/mol. The third-order valence-corrected chi connectivity index (χ3v) is 7.14. The first-order valence-corrected chi connectivity index (χ1v) is 11.2. The highest BCUT2D eigenvalue weighted by Crippen LogP contribution is 2.53. The summed E-state index contributed by atoms with van der Waals surface area (Å²) < 4.78 is 11.7. The molecule has 0 fully saturated rings. The molecular formula is C27H24N2O4. The van der Waals surface area contributed by atoms with Crippen molar-refractivity contribution in [2.24, 2.45) is 0 Å². The molecule has 2 amide bonds. The smallest absolute Gasteiger partial charge is 0.246 e. The summed E-state index contributed by atoms with van der Waals surface area (Å²) in [6, 6.07) is 17.5. The van der Waals surface area contributed by atoms with Crippen LogP contribution in [0.15, 0.2) is 54.6 Å². The van der Waals surface area contributed by atoms with Gasteiger partial charge in [-0.25, -0.2) is 0 Å². The molecule has 3 heterocycles. The van der Waals surface area contributed by atoms with Crippen LogP contribution in [0.4, 0.5) is 11.4 Å². The standard InChI is InChI=1S/C27H24N2O4/c1-16-6-5-8-21(17(16)2)28-25(30)14-29-22-9-4-3-7-19(22)27(26(29)31)15-33-24-13-23-18(10-11-32-23)12-20(24)27/h3-9,12-13H,10-11,14-15H2,1-2H3,(H,28,30). The van der Waals surface area contributed by atoms with Crippen molar-refractivity contribution in [1.29, 1.82) is 0 Å². The number of benzene rings is 3. The van der Waals surface area contributed by atoms with E-state index in [9.17, 15) is 9.59 Å². The molecule has 6 rings (SSSR count). The van der Waals surface area contributed by atoms with Gasteiger partial charge in [-0.15, -0.1) is 0 Å². The maximum Gasteiger partial charge on any atom is 0.246 e. The fourth-order valence-electron chi connectivity index (χ4n) is 5.22. The number of anilines is 2. The fourth-order valence-corrected chi connectivity index (χ4v) is 5.22. The largest absolute Gasteiger partial charge is 0.493 e. The molecule has 0 bridgehead atoms. The lowest BCUT2D eigenvalue weighted by atomic mass is 9.76. The Morgan fingerprint density at radius 1 is 1.03 bits per heavy atom. The molecule has 1 N–H and O–H groups in total. The van der Waals surface area contributed by atoms with Crippen molar-refractivity contribution in [3.63, 3.8) is 0 Å². The van der Waals surface area contributed by atoms with Crippen molar-refractivity contribution in [2.75, 3.05) is 30.0 Å². The molecule has 1 spiro atoms. The number of nitrogens with one attached hydrogen (secondary N) is 1. The van der Waals surface area contributed by atoms with E-state index >= 15 is 0 Å². The molecule has 33 heavy (non-hydrogen) atoms. The maximum atomic E-state index is 14.0. The molecule has 6 heteroatoms. The zero-order chi connectivity index (χ0) is 22.7. The van der Waals surface area contributed by atoms with E-state index in [0.717, 1.165) is 51.4 Å².